The average Bonchev–Trinajstić information content (AvgIpc) is 2.98. The van der Waals surface area contributed by atoms with E-state index < -0.39 is 0 Å². The smallest absolute Gasteiger partial charge is 0.0991 e. The van der Waals surface area contributed by atoms with E-state index in [2.05, 4.69) is 30.3 Å². The molecule has 2 aromatic rings. The van der Waals surface area contributed by atoms with Crippen molar-refractivity contribution in [1.29, 1.82) is 5.26 Å². The number of hydrogen-bond acceptors (Lipinski definition) is 3. The number of aromatic nitrogens is 2. The molecule has 0 spiro atoms. The lowest BCUT2D eigenvalue weighted by atomic mass is 10.1. The molecule has 19 heavy (non-hydrogen) atoms. The highest BCUT2D eigenvalue weighted by Gasteiger charge is 2.13. The Morgan fingerprint density at radius 1 is 1.37 bits per heavy atom. The minimum absolute atomic E-state index is 0.286. The molecule has 0 saturated heterocycles. The van der Waals surface area contributed by atoms with Crippen LogP contribution in [0.5, 0.6) is 0 Å². The standard InChI is InChI=1S/C15H18N4/c1-12(13(2)19-8-4-7-18-19)17-11-15-6-3-5-14(9-15)10-16/h3-9,12-13,17H,11H2,1-2H3/t12-,13+/m0/s1. The zero-order chi connectivity index (χ0) is 13.7. The van der Waals surface area contributed by atoms with Gasteiger partial charge in [-0.15, -0.1) is 0 Å². The van der Waals surface area contributed by atoms with E-state index in [4.69, 9.17) is 5.26 Å². The van der Waals surface area contributed by atoms with E-state index >= 15 is 0 Å². The first-order valence-electron chi connectivity index (χ1n) is 6.42. The van der Waals surface area contributed by atoms with Gasteiger partial charge in [0.15, 0.2) is 0 Å². The van der Waals surface area contributed by atoms with Gasteiger partial charge in [-0.05, 0) is 37.6 Å². The number of nitrogens with zero attached hydrogens (tertiary/aromatic N) is 3. The molecule has 0 aliphatic rings. The Morgan fingerprint density at radius 2 is 2.21 bits per heavy atom. The van der Waals surface area contributed by atoms with Crippen LogP contribution in [0.4, 0.5) is 0 Å². The highest BCUT2D eigenvalue weighted by Crippen LogP contribution is 2.10. The summed E-state index contributed by atoms with van der Waals surface area (Å²) in [5.74, 6) is 0. The number of rotatable bonds is 5. The molecule has 0 radical (unpaired) electrons. The lowest BCUT2D eigenvalue weighted by molar-refractivity contribution is 0.365. The van der Waals surface area contributed by atoms with Gasteiger partial charge in [0, 0.05) is 25.0 Å². The summed E-state index contributed by atoms with van der Waals surface area (Å²) in [6, 6.07) is 12.3. The monoisotopic (exact) mass is 254 g/mol. The SMILES string of the molecule is C[C@H](NCc1cccc(C#N)c1)[C@@H](C)n1cccn1. The lowest BCUT2D eigenvalue weighted by Crippen LogP contribution is -2.33. The maximum Gasteiger partial charge on any atom is 0.0991 e. The van der Waals surface area contributed by atoms with Crippen LogP contribution in [0, 0.1) is 11.3 Å². The van der Waals surface area contributed by atoms with Gasteiger partial charge >= 0.3 is 0 Å². The van der Waals surface area contributed by atoms with Crippen molar-refractivity contribution in [3.8, 4) is 6.07 Å². The number of benzene rings is 1. The third-order valence-corrected chi connectivity index (χ3v) is 3.35. The summed E-state index contributed by atoms with van der Waals surface area (Å²) < 4.78 is 1.95. The van der Waals surface area contributed by atoms with E-state index in [1.807, 2.05) is 41.2 Å². The van der Waals surface area contributed by atoms with Crippen molar-refractivity contribution in [2.24, 2.45) is 0 Å². The van der Waals surface area contributed by atoms with Crippen molar-refractivity contribution < 1.29 is 0 Å². The molecule has 0 saturated carbocycles. The first-order chi connectivity index (χ1) is 9.20. The molecule has 2 atom stereocenters. The third kappa shape index (κ3) is 3.43. The summed E-state index contributed by atoms with van der Waals surface area (Å²) in [5, 5.41) is 16.6. The number of nitriles is 1. The van der Waals surface area contributed by atoms with Gasteiger partial charge in [-0.2, -0.15) is 10.4 Å². The fraction of sp³-hybridized carbons (Fsp3) is 0.333. The van der Waals surface area contributed by atoms with E-state index in [0.29, 0.717) is 11.6 Å². The van der Waals surface area contributed by atoms with Crippen molar-refractivity contribution in [3.05, 3.63) is 53.9 Å². The first-order valence-corrected chi connectivity index (χ1v) is 6.42. The normalized spacial score (nSPS) is 13.7. The van der Waals surface area contributed by atoms with Crippen LogP contribution in [-0.4, -0.2) is 15.8 Å². The topological polar surface area (TPSA) is 53.6 Å². The fourth-order valence-electron chi connectivity index (χ4n) is 1.95. The molecule has 1 aromatic carbocycles. The highest BCUT2D eigenvalue weighted by molar-refractivity contribution is 5.32. The molecule has 4 heteroatoms. The Bertz CT molecular complexity index is 554. The van der Waals surface area contributed by atoms with Crippen molar-refractivity contribution in [2.75, 3.05) is 0 Å². The molecular formula is C15H18N4. The Labute approximate surface area is 113 Å². The molecule has 0 unspecified atom stereocenters. The van der Waals surface area contributed by atoms with Gasteiger partial charge in [0.25, 0.3) is 0 Å². The second kappa shape index (κ2) is 6.17. The summed E-state index contributed by atoms with van der Waals surface area (Å²) in [7, 11) is 0. The van der Waals surface area contributed by atoms with Crippen LogP contribution in [0.2, 0.25) is 0 Å². The van der Waals surface area contributed by atoms with Crippen LogP contribution >= 0.6 is 0 Å². The summed E-state index contributed by atoms with van der Waals surface area (Å²) in [6.45, 7) is 5.03. The molecule has 1 heterocycles. The minimum atomic E-state index is 0.286. The van der Waals surface area contributed by atoms with Crippen LogP contribution in [0.25, 0.3) is 0 Å². The van der Waals surface area contributed by atoms with Crippen LogP contribution in [-0.2, 0) is 6.54 Å². The third-order valence-electron chi connectivity index (χ3n) is 3.35. The maximum atomic E-state index is 8.87. The molecule has 4 nitrogen and oxygen atoms in total. The lowest BCUT2D eigenvalue weighted by Gasteiger charge is -2.21. The van der Waals surface area contributed by atoms with E-state index in [9.17, 15) is 0 Å². The second-order valence-electron chi connectivity index (χ2n) is 4.71. The summed E-state index contributed by atoms with van der Waals surface area (Å²) in [5.41, 5.74) is 1.82. The largest absolute Gasteiger partial charge is 0.308 e. The molecular weight excluding hydrogens is 236 g/mol. The number of hydrogen-bond donors (Lipinski definition) is 1. The molecule has 0 aliphatic carbocycles. The van der Waals surface area contributed by atoms with Gasteiger partial charge in [0.2, 0.25) is 0 Å². The molecule has 98 valence electrons. The van der Waals surface area contributed by atoms with E-state index in [1.165, 1.54) is 0 Å². The van der Waals surface area contributed by atoms with Crippen LogP contribution < -0.4 is 5.32 Å². The number of nitrogens with one attached hydrogen (secondary N) is 1. The summed E-state index contributed by atoms with van der Waals surface area (Å²) >= 11 is 0. The van der Waals surface area contributed by atoms with Gasteiger partial charge in [0.05, 0.1) is 17.7 Å². The highest BCUT2D eigenvalue weighted by atomic mass is 15.3. The summed E-state index contributed by atoms with van der Waals surface area (Å²) in [6.07, 6.45) is 3.76. The zero-order valence-electron chi connectivity index (χ0n) is 11.2. The molecule has 0 amide bonds. The van der Waals surface area contributed by atoms with Gasteiger partial charge in [-0.3, -0.25) is 4.68 Å². The van der Waals surface area contributed by atoms with Gasteiger partial charge in [-0.25, -0.2) is 0 Å². The van der Waals surface area contributed by atoms with Crippen LogP contribution in [0.3, 0.4) is 0 Å². The molecule has 0 bridgehead atoms. The van der Waals surface area contributed by atoms with E-state index in [0.717, 1.165) is 12.1 Å². The summed E-state index contributed by atoms with van der Waals surface area (Å²) in [4.78, 5) is 0. The van der Waals surface area contributed by atoms with Crippen molar-refractivity contribution in [1.82, 2.24) is 15.1 Å². The maximum absolute atomic E-state index is 8.87. The Kier molecular flexibility index (Phi) is 4.32. The predicted molar refractivity (Wildman–Crippen MR) is 74.4 cm³/mol. The zero-order valence-corrected chi connectivity index (χ0v) is 11.2. The van der Waals surface area contributed by atoms with Crippen molar-refractivity contribution in [3.63, 3.8) is 0 Å². The Balaban J connectivity index is 1.93. The van der Waals surface area contributed by atoms with E-state index in [-0.39, 0.29) is 6.04 Å². The van der Waals surface area contributed by atoms with Crippen LogP contribution in [0.1, 0.15) is 31.0 Å². The molecule has 2 rings (SSSR count). The molecule has 0 fully saturated rings. The average molecular weight is 254 g/mol. The predicted octanol–water partition coefficient (Wildman–Crippen LogP) is 2.49. The Hall–Kier alpha value is -2.12. The fourth-order valence-corrected chi connectivity index (χ4v) is 1.95. The molecule has 0 aliphatic heterocycles. The quantitative estimate of drug-likeness (QED) is 0.892. The molecule has 1 N–H and O–H groups in total. The van der Waals surface area contributed by atoms with Crippen LogP contribution in [0.15, 0.2) is 42.7 Å². The second-order valence-corrected chi connectivity index (χ2v) is 4.71. The van der Waals surface area contributed by atoms with E-state index in [1.54, 1.807) is 6.20 Å². The van der Waals surface area contributed by atoms with Gasteiger partial charge in [0.1, 0.15) is 0 Å². The molecule has 1 aromatic heterocycles. The minimum Gasteiger partial charge on any atom is -0.308 e. The van der Waals surface area contributed by atoms with Crippen molar-refractivity contribution >= 4 is 0 Å². The van der Waals surface area contributed by atoms with Gasteiger partial charge in [-0.1, -0.05) is 12.1 Å². The van der Waals surface area contributed by atoms with Gasteiger partial charge < -0.3 is 5.32 Å². The van der Waals surface area contributed by atoms with Crippen molar-refractivity contribution in [2.45, 2.75) is 32.5 Å². The Morgan fingerprint density at radius 3 is 2.89 bits per heavy atom. The first kappa shape index (κ1) is 13.3.